The number of hydrogen-bond acceptors (Lipinski definition) is 3. The minimum atomic E-state index is -0.440. The smallest absolute Gasteiger partial charge is 0.159 e. The van der Waals surface area contributed by atoms with Gasteiger partial charge in [0.05, 0.1) is 11.2 Å². The minimum Gasteiger partial charge on any atom is -0.613 e. The van der Waals surface area contributed by atoms with Crippen LogP contribution in [0.5, 0.6) is 0 Å². The molecule has 9 aromatic rings. The second kappa shape index (κ2) is 13.4. The summed E-state index contributed by atoms with van der Waals surface area (Å²) in [4.78, 5) is 5.36. The third-order valence-corrected chi connectivity index (χ3v) is 11.2. The van der Waals surface area contributed by atoms with Crippen LogP contribution in [-0.4, -0.2) is 10.4 Å². The van der Waals surface area contributed by atoms with E-state index in [0.717, 1.165) is 74.1 Å². The van der Waals surface area contributed by atoms with Gasteiger partial charge in [-0.3, -0.25) is 4.99 Å². The molecule has 5 heteroatoms. The van der Waals surface area contributed by atoms with Crippen LogP contribution in [-0.2, 0) is 0 Å². The van der Waals surface area contributed by atoms with Crippen LogP contribution in [0.25, 0.3) is 78.3 Å². The van der Waals surface area contributed by atoms with E-state index >= 15 is 0 Å². The minimum absolute atomic E-state index is 0.306. The first-order valence-corrected chi connectivity index (χ1v) is 19.4. The van der Waals surface area contributed by atoms with Crippen molar-refractivity contribution in [3.05, 3.63) is 202 Å². The van der Waals surface area contributed by atoms with Crippen molar-refractivity contribution >= 4 is 50.8 Å². The quantitative estimate of drug-likeness (QED) is 0.186. The van der Waals surface area contributed by atoms with Crippen LogP contribution in [0.3, 0.4) is 0 Å². The Morgan fingerprint density at radius 1 is 0.554 bits per heavy atom. The highest BCUT2D eigenvalue weighted by molar-refractivity contribution is 6.08. The Bertz CT molecular complexity index is 3090. The van der Waals surface area contributed by atoms with Crippen LogP contribution in [0.15, 0.2) is 179 Å². The number of para-hydroxylation sites is 2. The Hall–Kier alpha value is -6.95. The van der Waals surface area contributed by atoms with Crippen LogP contribution in [0.2, 0.25) is 0 Å². The third kappa shape index (κ3) is 5.55. The van der Waals surface area contributed by atoms with Crippen molar-refractivity contribution in [1.29, 1.82) is 0 Å². The van der Waals surface area contributed by atoms with E-state index in [1.807, 2.05) is 6.07 Å². The summed E-state index contributed by atoms with van der Waals surface area (Å²) in [6, 6.07) is 60.0. The fourth-order valence-corrected chi connectivity index (χ4v) is 8.50. The molecule has 2 aromatic heterocycles. The molecule has 5 nitrogen and oxygen atoms in total. The van der Waals surface area contributed by atoms with Crippen LogP contribution in [0.1, 0.15) is 41.9 Å². The SMILES string of the molecule is C1=c2c(n(-c3cccc4c3oc3ccccc34)c3cc(C4N=C(c5cccc(-c6ccccc6)c5)NC(c5ccc(-c6ccccc6)cc5)[N-]4)ccc23)=CCC1. The van der Waals surface area contributed by atoms with Gasteiger partial charge in [-0.05, 0) is 82.8 Å². The topological polar surface area (TPSA) is 56.6 Å². The molecule has 2 aliphatic rings. The predicted molar refractivity (Wildman–Crippen MR) is 230 cm³/mol. The molecule has 268 valence electrons. The molecule has 2 unspecified atom stereocenters. The number of fused-ring (bicyclic) bond motifs is 6. The summed E-state index contributed by atoms with van der Waals surface area (Å²) in [6.07, 6.45) is 6.02. The molecule has 0 radical (unpaired) electrons. The highest BCUT2D eigenvalue weighted by atomic mass is 16.3. The van der Waals surface area contributed by atoms with Gasteiger partial charge in [0, 0.05) is 32.3 Å². The van der Waals surface area contributed by atoms with Gasteiger partial charge in [-0.2, -0.15) is 0 Å². The molecule has 0 spiro atoms. The first-order valence-electron chi connectivity index (χ1n) is 19.4. The number of amidine groups is 1. The van der Waals surface area contributed by atoms with E-state index < -0.39 is 6.17 Å². The molecule has 1 N–H and O–H groups in total. The van der Waals surface area contributed by atoms with E-state index in [4.69, 9.17) is 14.7 Å². The molecule has 0 amide bonds. The van der Waals surface area contributed by atoms with Crippen LogP contribution in [0, 0.1) is 0 Å². The maximum absolute atomic E-state index is 6.60. The lowest BCUT2D eigenvalue weighted by molar-refractivity contribution is 0.631. The summed E-state index contributed by atoms with van der Waals surface area (Å²) in [7, 11) is 0. The largest absolute Gasteiger partial charge is 0.613 e. The molecule has 0 bridgehead atoms. The van der Waals surface area contributed by atoms with Gasteiger partial charge < -0.3 is 19.6 Å². The highest BCUT2D eigenvalue weighted by Crippen LogP contribution is 2.39. The highest BCUT2D eigenvalue weighted by Gasteiger charge is 2.21. The van der Waals surface area contributed by atoms with Crippen LogP contribution >= 0.6 is 0 Å². The number of benzene rings is 7. The standard InChI is InChI=1S/C51H37N4O/c1-3-13-33(14-4-1)35-25-27-36(28-26-35)49-52-50(38-18-11-17-37(31-38)34-15-5-2-6-16-34)54-51(53-49)39-29-30-41-40-19-7-9-22-44(40)55(46(41)32-39)45-23-12-21-43-42-20-8-10-24-47(42)56-48(43)45/h1-6,8,10-32,49,51H,7,9H2,(H,52,54)/q-1. The van der Waals surface area contributed by atoms with Gasteiger partial charge in [0.1, 0.15) is 11.4 Å². The summed E-state index contributed by atoms with van der Waals surface area (Å²) >= 11 is 0. The molecule has 0 saturated carbocycles. The molecule has 56 heavy (non-hydrogen) atoms. The zero-order chi connectivity index (χ0) is 37.0. The van der Waals surface area contributed by atoms with E-state index in [2.05, 4.69) is 186 Å². The number of nitrogens with zero attached hydrogens (tertiary/aromatic N) is 3. The van der Waals surface area contributed by atoms with Gasteiger partial charge in [0.2, 0.25) is 0 Å². The number of rotatable bonds is 6. The second-order valence-electron chi connectivity index (χ2n) is 14.6. The predicted octanol–water partition coefficient (Wildman–Crippen LogP) is 11.3. The van der Waals surface area contributed by atoms with E-state index in [1.54, 1.807) is 0 Å². The van der Waals surface area contributed by atoms with Crippen molar-refractivity contribution in [1.82, 2.24) is 9.88 Å². The third-order valence-electron chi connectivity index (χ3n) is 11.2. The molecule has 0 saturated heterocycles. The van der Waals surface area contributed by atoms with Crippen LogP contribution in [0.4, 0.5) is 0 Å². The maximum atomic E-state index is 6.60. The molecule has 0 fully saturated rings. The summed E-state index contributed by atoms with van der Waals surface area (Å²) in [5.74, 6) is 0.823. The normalized spacial score (nSPS) is 16.5. The summed E-state index contributed by atoms with van der Waals surface area (Å²) in [5, 5.41) is 15.1. The summed E-state index contributed by atoms with van der Waals surface area (Å²) in [6.45, 7) is 0. The Labute approximate surface area is 324 Å². The maximum Gasteiger partial charge on any atom is 0.159 e. The molecule has 1 aliphatic carbocycles. The van der Waals surface area contributed by atoms with Gasteiger partial charge >= 0.3 is 0 Å². The number of aromatic nitrogens is 1. The van der Waals surface area contributed by atoms with Gasteiger partial charge in [0.25, 0.3) is 0 Å². The average molecular weight is 722 g/mol. The average Bonchev–Trinajstić information content (AvgIpc) is 3.83. The zero-order valence-electron chi connectivity index (χ0n) is 30.6. The fourth-order valence-electron chi connectivity index (χ4n) is 8.50. The number of hydrogen-bond donors (Lipinski definition) is 1. The first-order chi connectivity index (χ1) is 27.7. The van der Waals surface area contributed by atoms with E-state index in [1.165, 1.54) is 32.6 Å². The van der Waals surface area contributed by atoms with Crippen molar-refractivity contribution in [3.63, 3.8) is 0 Å². The Morgan fingerprint density at radius 2 is 1.21 bits per heavy atom. The van der Waals surface area contributed by atoms with Crippen molar-refractivity contribution in [2.75, 3.05) is 0 Å². The van der Waals surface area contributed by atoms with E-state index in [9.17, 15) is 0 Å². The van der Waals surface area contributed by atoms with Gasteiger partial charge in [-0.25, -0.2) is 0 Å². The molecule has 3 heterocycles. The number of furan rings is 1. The fraction of sp³-hybridized carbons (Fsp3) is 0.0784. The monoisotopic (exact) mass is 721 g/mol. The Balaban J connectivity index is 1.06. The Kier molecular flexibility index (Phi) is 7.78. The summed E-state index contributed by atoms with van der Waals surface area (Å²) < 4.78 is 9.00. The lowest BCUT2D eigenvalue weighted by atomic mass is 10.0. The molecule has 2 atom stereocenters. The molecule has 1 aliphatic heterocycles. The first kappa shape index (κ1) is 32.5. The lowest BCUT2D eigenvalue weighted by Gasteiger charge is -2.44. The van der Waals surface area contributed by atoms with Crippen LogP contribution < -0.4 is 15.9 Å². The lowest BCUT2D eigenvalue weighted by Crippen LogP contribution is -2.34. The van der Waals surface area contributed by atoms with Crippen molar-refractivity contribution in [2.45, 2.75) is 25.2 Å². The summed E-state index contributed by atoms with van der Waals surface area (Å²) in [5.41, 5.74) is 11.8. The van der Waals surface area contributed by atoms with Crippen molar-refractivity contribution in [3.8, 4) is 27.9 Å². The number of aliphatic imine (C=N–C) groups is 1. The van der Waals surface area contributed by atoms with Gasteiger partial charge in [0.15, 0.2) is 5.58 Å². The van der Waals surface area contributed by atoms with Gasteiger partial charge in [-0.15, -0.1) is 0 Å². The van der Waals surface area contributed by atoms with E-state index in [-0.39, 0.29) is 6.17 Å². The second-order valence-corrected chi connectivity index (χ2v) is 14.6. The van der Waals surface area contributed by atoms with Gasteiger partial charge in [-0.1, -0.05) is 158 Å². The Morgan fingerprint density at radius 3 is 2.05 bits per heavy atom. The molecular weight excluding hydrogens is 685 g/mol. The van der Waals surface area contributed by atoms with Crippen molar-refractivity contribution in [2.24, 2.45) is 4.99 Å². The zero-order valence-corrected chi connectivity index (χ0v) is 30.6. The molecule has 7 aromatic carbocycles. The van der Waals surface area contributed by atoms with Crippen molar-refractivity contribution < 1.29 is 4.42 Å². The molecular formula is C51H37N4O-. The van der Waals surface area contributed by atoms with E-state index in [0.29, 0.717) is 0 Å². The number of nitrogens with one attached hydrogen (secondary N) is 1. The molecule has 11 rings (SSSR count).